The smallest absolute Gasteiger partial charge is 0.328 e. The number of nitrogens with zero attached hydrogens (tertiary/aromatic N) is 2. The SMILES string of the molecule is CNC(c1ccc2c(c1)n(C)c(=O)n2C)c1ccco1. The van der Waals surface area contributed by atoms with E-state index in [-0.39, 0.29) is 11.7 Å². The van der Waals surface area contributed by atoms with Gasteiger partial charge in [0, 0.05) is 14.1 Å². The monoisotopic (exact) mass is 271 g/mol. The van der Waals surface area contributed by atoms with E-state index in [1.807, 2.05) is 37.4 Å². The minimum Gasteiger partial charge on any atom is -0.467 e. The van der Waals surface area contributed by atoms with Crippen LogP contribution in [0.25, 0.3) is 11.0 Å². The van der Waals surface area contributed by atoms with E-state index in [9.17, 15) is 4.79 Å². The molecule has 0 aliphatic carbocycles. The molecule has 1 aromatic carbocycles. The molecule has 1 unspecified atom stereocenters. The molecule has 0 radical (unpaired) electrons. The molecule has 0 fully saturated rings. The maximum absolute atomic E-state index is 12.0. The van der Waals surface area contributed by atoms with Crippen LogP contribution in [0, 0.1) is 0 Å². The standard InChI is InChI=1S/C15H17N3O2/c1-16-14(13-5-4-8-20-13)10-6-7-11-12(9-10)18(3)15(19)17(11)2/h4-9,14,16H,1-3H3. The Bertz CT molecular complexity index is 796. The predicted molar refractivity (Wildman–Crippen MR) is 77.8 cm³/mol. The maximum Gasteiger partial charge on any atom is 0.328 e. The quantitative estimate of drug-likeness (QED) is 0.790. The van der Waals surface area contributed by atoms with Crippen LogP contribution in [-0.2, 0) is 14.1 Å². The summed E-state index contributed by atoms with van der Waals surface area (Å²) >= 11 is 0. The van der Waals surface area contributed by atoms with Gasteiger partial charge in [-0.05, 0) is 36.9 Å². The number of rotatable bonds is 3. The summed E-state index contributed by atoms with van der Waals surface area (Å²) in [5, 5.41) is 3.24. The van der Waals surface area contributed by atoms with Gasteiger partial charge in [0.25, 0.3) is 0 Å². The van der Waals surface area contributed by atoms with Crippen LogP contribution in [-0.4, -0.2) is 16.2 Å². The fourth-order valence-corrected chi connectivity index (χ4v) is 2.63. The molecule has 20 heavy (non-hydrogen) atoms. The van der Waals surface area contributed by atoms with E-state index in [0.717, 1.165) is 22.4 Å². The van der Waals surface area contributed by atoms with Crippen molar-refractivity contribution in [2.75, 3.05) is 7.05 Å². The number of benzene rings is 1. The lowest BCUT2D eigenvalue weighted by Gasteiger charge is -2.14. The Kier molecular flexibility index (Phi) is 2.99. The van der Waals surface area contributed by atoms with Crippen molar-refractivity contribution in [1.82, 2.24) is 14.5 Å². The molecule has 0 aliphatic rings. The van der Waals surface area contributed by atoms with Crippen LogP contribution >= 0.6 is 0 Å². The maximum atomic E-state index is 12.0. The number of aromatic nitrogens is 2. The first-order chi connectivity index (χ1) is 9.63. The van der Waals surface area contributed by atoms with Crippen LogP contribution in [0.3, 0.4) is 0 Å². The van der Waals surface area contributed by atoms with Crippen LogP contribution in [0.5, 0.6) is 0 Å². The van der Waals surface area contributed by atoms with Gasteiger partial charge in [-0.15, -0.1) is 0 Å². The van der Waals surface area contributed by atoms with E-state index >= 15 is 0 Å². The zero-order valence-corrected chi connectivity index (χ0v) is 11.8. The summed E-state index contributed by atoms with van der Waals surface area (Å²) < 4.78 is 8.79. The molecule has 2 aromatic heterocycles. The van der Waals surface area contributed by atoms with Crippen molar-refractivity contribution in [3.8, 4) is 0 Å². The Morgan fingerprint density at radius 1 is 1.15 bits per heavy atom. The van der Waals surface area contributed by atoms with Gasteiger partial charge >= 0.3 is 5.69 Å². The number of hydrogen-bond donors (Lipinski definition) is 1. The van der Waals surface area contributed by atoms with Gasteiger partial charge in [-0.2, -0.15) is 0 Å². The number of nitrogens with one attached hydrogen (secondary N) is 1. The normalized spacial score (nSPS) is 12.9. The van der Waals surface area contributed by atoms with Crippen LogP contribution in [0.2, 0.25) is 0 Å². The minimum absolute atomic E-state index is 0.0174. The Morgan fingerprint density at radius 3 is 2.55 bits per heavy atom. The molecule has 1 N–H and O–H groups in total. The minimum atomic E-state index is -0.0234. The van der Waals surface area contributed by atoms with Crippen molar-refractivity contribution < 1.29 is 4.42 Å². The zero-order chi connectivity index (χ0) is 14.3. The van der Waals surface area contributed by atoms with Crippen LogP contribution in [0.4, 0.5) is 0 Å². The first kappa shape index (κ1) is 12.7. The molecule has 3 aromatic rings. The molecule has 5 heteroatoms. The molecule has 3 rings (SSSR count). The van der Waals surface area contributed by atoms with Gasteiger partial charge in [0.2, 0.25) is 0 Å². The van der Waals surface area contributed by atoms with Gasteiger partial charge < -0.3 is 9.73 Å². The lowest BCUT2D eigenvalue weighted by Crippen LogP contribution is -2.19. The van der Waals surface area contributed by atoms with E-state index in [1.165, 1.54) is 0 Å². The lowest BCUT2D eigenvalue weighted by atomic mass is 10.0. The molecule has 0 saturated heterocycles. The van der Waals surface area contributed by atoms with E-state index < -0.39 is 0 Å². The first-order valence-corrected chi connectivity index (χ1v) is 6.49. The Morgan fingerprint density at radius 2 is 1.90 bits per heavy atom. The topological polar surface area (TPSA) is 52.1 Å². The second-order valence-electron chi connectivity index (χ2n) is 4.89. The Balaban J connectivity index is 2.18. The van der Waals surface area contributed by atoms with E-state index in [0.29, 0.717) is 0 Å². The van der Waals surface area contributed by atoms with E-state index in [4.69, 9.17) is 4.42 Å². The summed E-state index contributed by atoms with van der Waals surface area (Å²) in [6.45, 7) is 0. The lowest BCUT2D eigenvalue weighted by molar-refractivity contribution is 0.463. The fourth-order valence-electron chi connectivity index (χ4n) is 2.63. The summed E-state index contributed by atoms with van der Waals surface area (Å²) in [4.78, 5) is 12.0. The molecule has 0 bridgehead atoms. The van der Waals surface area contributed by atoms with Crippen LogP contribution < -0.4 is 11.0 Å². The second kappa shape index (κ2) is 4.68. The number of furan rings is 1. The summed E-state index contributed by atoms with van der Waals surface area (Å²) in [7, 11) is 5.46. The molecule has 0 aliphatic heterocycles. The molecular weight excluding hydrogens is 254 g/mol. The van der Waals surface area contributed by atoms with Crippen molar-refractivity contribution in [2.45, 2.75) is 6.04 Å². The molecule has 104 valence electrons. The van der Waals surface area contributed by atoms with Gasteiger partial charge in [0.1, 0.15) is 5.76 Å². The van der Waals surface area contributed by atoms with Gasteiger partial charge in [-0.1, -0.05) is 6.07 Å². The summed E-state index contributed by atoms with van der Waals surface area (Å²) in [6, 6.07) is 9.81. The van der Waals surface area contributed by atoms with Crippen molar-refractivity contribution >= 4 is 11.0 Å². The van der Waals surface area contributed by atoms with E-state index in [1.54, 1.807) is 29.5 Å². The molecule has 0 spiro atoms. The second-order valence-corrected chi connectivity index (χ2v) is 4.89. The molecular formula is C15H17N3O2. The largest absolute Gasteiger partial charge is 0.467 e. The fraction of sp³-hybridized carbons (Fsp3) is 0.267. The van der Waals surface area contributed by atoms with Crippen LogP contribution in [0.15, 0.2) is 45.8 Å². The van der Waals surface area contributed by atoms with Gasteiger partial charge in [0.15, 0.2) is 0 Å². The first-order valence-electron chi connectivity index (χ1n) is 6.49. The van der Waals surface area contributed by atoms with Crippen molar-refractivity contribution in [1.29, 1.82) is 0 Å². The third-order valence-corrected chi connectivity index (χ3v) is 3.75. The molecule has 2 heterocycles. The average molecular weight is 271 g/mol. The van der Waals surface area contributed by atoms with Gasteiger partial charge in [-0.25, -0.2) is 4.79 Å². The summed E-state index contributed by atoms with van der Waals surface area (Å²) in [5.74, 6) is 0.854. The number of imidazole rings is 1. The highest BCUT2D eigenvalue weighted by atomic mass is 16.3. The zero-order valence-electron chi connectivity index (χ0n) is 11.8. The highest BCUT2D eigenvalue weighted by molar-refractivity contribution is 5.77. The Hall–Kier alpha value is -2.27. The molecule has 0 amide bonds. The highest BCUT2D eigenvalue weighted by Crippen LogP contribution is 2.25. The van der Waals surface area contributed by atoms with Crippen molar-refractivity contribution in [3.63, 3.8) is 0 Å². The number of hydrogen-bond acceptors (Lipinski definition) is 3. The molecule has 1 atom stereocenters. The van der Waals surface area contributed by atoms with Crippen molar-refractivity contribution in [2.24, 2.45) is 14.1 Å². The predicted octanol–water partition coefficient (Wildman–Crippen LogP) is 1.78. The average Bonchev–Trinajstić information content (AvgIpc) is 3.05. The summed E-state index contributed by atoms with van der Waals surface area (Å²) in [5.41, 5.74) is 2.89. The third-order valence-electron chi connectivity index (χ3n) is 3.75. The highest BCUT2D eigenvalue weighted by Gasteiger charge is 2.16. The number of aryl methyl sites for hydroxylation is 2. The van der Waals surface area contributed by atoms with Gasteiger partial charge in [0.05, 0.1) is 23.3 Å². The number of fused-ring (bicyclic) bond motifs is 1. The molecule has 0 saturated carbocycles. The molecule has 5 nitrogen and oxygen atoms in total. The van der Waals surface area contributed by atoms with E-state index in [2.05, 4.69) is 5.32 Å². The Labute approximate surface area is 116 Å². The summed E-state index contributed by atoms with van der Waals surface area (Å²) in [6.07, 6.45) is 1.66. The van der Waals surface area contributed by atoms with Crippen molar-refractivity contribution in [3.05, 3.63) is 58.4 Å². The van der Waals surface area contributed by atoms with Crippen LogP contribution in [0.1, 0.15) is 17.4 Å². The van der Waals surface area contributed by atoms with Gasteiger partial charge in [-0.3, -0.25) is 9.13 Å². The third kappa shape index (κ3) is 1.78.